The van der Waals surface area contributed by atoms with Gasteiger partial charge in [0, 0.05) is 34.3 Å². The van der Waals surface area contributed by atoms with E-state index in [-0.39, 0.29) is 12.0 Å². The molecule has 0 spiro atoms. The Hall–Kier alpha value is -4.39. The molecular weight excluding hydrogens is 414 g/mol. The molecule has 0 aliphatic carbocycles. The van der Waals surface area contributed by atoms with E-state index in [1.807, 2.05) is 68.4 Å². The summed E-state index contributed by atoms with van der Waals surface area (Å²) in [6.07, 6.45) is 1.58. The first-order chi connectivity index (χ1) is 16.0. The summed E-state index contributed by atoms with van der Waals surface area (Å²) < 4.78 is 5.92. The molecule has 0 saturated heterocycles. The lowest BCUT2D eigenvalue weighted by atomic mass is 10.1. The van der Waals surface area contributed by atoms with Crippen molar-refractivity contribution < 1.29 is 9.53 Å². The normalized spacial score (nSPS) is 10.6. The molecule has 33 heavy (non-hydrogen) atoms. The Kier molecular flexibility index (Phi) is 6.50. The van der Waals surface area contributed by atoms with Crippen molar-refractivity contribution in [1.29, 1.82) is 0 Å². The predicted octanol–water partition coefficient (Wildman–Crippen LogP) is 5.51. The van der Waals surface area contributed by atoms with Crippen LogP contribution in [0, 0.1) is 0 Å². The summed E-state index contributed by atoms with van der Waals surface area (Å²) in [6.45, 7) is 3.98. The van der Waals surface area contributed by atoms with E-state index in [2.05, 4.69) is 20.6 Å². The monoisotopic (exact) mass is 439 g/mol. The highest BCUT2D eigenvalue weighted by Gasteiger charge is 2.10. The molecule has 0 fully saturated rings. The van der Waals surface area contributed by atoms with Crippen molar-refractivity contribution in [3.63, 3.8) is 0 Å². The van der Waals surface area contributed by atoms with Gasteiger partial charge in [-0.25, -0.2) is 9.97 Å². The van der Waals surface area contributed by atoms with Crippen LogP contribution in [0.3, 0.4) is 0 Å². The zero-order valence-corrected chi connectivity index (χ0v) is 18.4. The number of benzene rings is 3. The van der Waals surface area contributed by atoms with Crippen LogP contribution in [0.2, 0.25) is 0 Å². The third-order valence-corrected chi connectivity index (χ3v) is 4.78. The third kappa shape index (κ3) is 5.65. The van der Waals surface area contributed by atoms with Crippen molar-refractivity contribution in [2.75, 3.05) is 16.4 Å². The summed E-state index contributed by atoms with van der Waals surface area (Å²) in [4.78, 5) is 21.1. The number of amides is 1. The topological polar surface area (TPSA) is 102 Å². The molecular formula is C26H25N5O2. The van der Waals surface area contributed by atoms with Gasteiger partial charge in [-0.2, -0.15) is 0 Å². The smallest absolute Gasteiger partial charge is 0.255 e. The van der Waals surface area contributed by atoms with Gasteiger partial charge < -0.3 is 21.1 Å². The van der Waals surface area contributed by atoms with E-state index in [0.717, 1.165) is 22.7 Å². The van der Waals surface area contributed by atoms with Crippen molar-refractivity contribution in [2.45, 2.75) is 20.0 Å². The van der Waals surface area contributed by atoms with Gasteiger partial charge in [0.05, 0.1) is 11.8 Å². The minimum absolute atomic E-state index is 0.0598. The number of nitrogen functional groups attached to an aromatic ring is 1. The lowest BCUT2D eigenvalue weighted by Gasteiger charge is -2.14. The van der Waals surface area contributed by atoms with E-state index >= 15 is 0 Å². The fourth-order valence-corrected chi connectivity index (χ4v) is 3.23. The zero-order chi connectivity index (χ0) is 23.2. The number of nitrogens with zero attached hydrogens (tertiary/aromatic N) is 2. The Morgan fingerprint density at radius 2 is 1.61 bits per heavy atom. The van der Waals surface area contributed by atoms with E-state index in [9.17, 15) is 4.79 Å². The lowest BCUT2D eigenvalue weighted by molar-refractivity contribution is 0.102. The quantitative estimate of drug-likeness (QED) is 0.328. The van der Waals surface area contributed by atoms with Gasteiger partial charge in [0.15, 0.2) is 0 Å². The summed E-state index contributed by atoms with van der Waals surface area (Å²) in [7, 11) is 0. The molecule has 0 atom stereocenters. The van der Waals surface area contributed by atoms with E-state index in [4.69, 9.17) is 10.5 Å². The van der Waals surface area contributed by atoms with Crippen LogP contribution in [-0.2, 0) is 0 Å². The molecule has 0 bridgehead atoms. The van der Waals surface area contributed by atoms with Crippen LogP contribution in [0.1, 0.15) is 24.2 Å². The van der Waals surface area contributed by atoms with Crippen LogP contribution < -0.4 is 21.1 Å². The van der Waals surface area contributed by atoms with Gasteiger partial charge in [0.2, 0.25) is 0 Å². The highest BCUT2D eigenvalue weighted by Crippen LogP contribution is 2.30. The lowest BCUT2D eigenvalue weighted by Crippen LogP contribution is -2.11. The van der Waals surface area contributed by atoms with Crippen molar-refractivity contribution in [3.8, 4) is 17.0 Å². The second kappa shape index (κ2) is 9.82. The minimum Gasteiger partial charge on any atom is -0.490 e. The van der Waals surface area contributed by atoms with Crippen LogP contribution in [-0.4, -0.2) is 22.0 Å². The highest BCUT2D eigenvalue weighted by atomic mass is 16.5. The Morgan fingerprint density at radius 1 is 0.909 bits per heavy atom. The Balaban J connectivity index is 1.46. The van der Waals surface area contributed by atoms with E-state index in [0.29, 0.717) is 22.8 Å². The van der Waals surface area contributed by atoms with Crippen LogP contribution in [0.4, 0.5) is 22.9 Å². The summed E-state index contributed by atoms with van der Waals surface area (Å²) in [6, 6.07) is 23.9. The van der Waals surface area contributed by atoms with Gasteiger partial charge >= 0.3 is 0 Å². The van der Waals surface area contributed by atoms with Crippen LogP contribution >= 0.6 is 0 Å². The molecule has 0 saturated carbocycles. The summed E-state index contributed by atoms with van der Waals surface area (Å²) in [5.74, 6) is 1.23. The predicted molar refractivity (Wildman–Crippen MR) is 132 cm³/mol. The van der Waals surface area contributed by atoms with Crippen LogP contribution in [0.25, 0.3) is 11.3 Å². The van der Waals surface area contributed by atoms with Gasteiger partial charge in [-0.15, -0.1) is 0 Å². The fraction of sp³-hybridized carbons (Fsp3) is 0.115. The Bertz CT molecular complexity index is 1240. The summed E-state index contributed by atoms with van der Waals surface area (Å²) >= 11 is 0. The number of nitrogens with two attached hydrogens (primary N) is 1. The molecule has 1 aromatic heterocycles. The summed E-state index contributed by atoms with van der Waals surface area (Å²) in [5, 5.41) is 6.15. The van der Waals surface area contributed by atoms with Gasteiger partial charge in [-0.1, -0.05) is 12.1 Å². The number of carbonyl (C=O) groups excluding carboxylic acids is 1. The largest absolute Gasteiger partial charge is 0.490 e. The number of ether oxygens (including phenoxy) is 1. The molecule has 166 valence electrons. The summed E-state index contributed by atoms with van der Waals surface area (Å²) in [5.41, 5.74) is 10.0. The molecule has 1 amide bonds. The van der Waals surface area contributed by atoms with Crippen LogP contribution in [0.5, 0.6) is 5.75 Å². The highest BCUT2D eigenvalue weighted by molar-refractivity contribution is 6.04. The molecule has 0 radical (unpaired) electrons. The standard InChI is InChI=1S/C26H25N5O2/c1-17(2)33-24-6-4-3-5-22(24)23-15-25(29-16-28-23)30-20-11-13-21(14-12-20)31-26(32)18-7-9-19(27)10-8-18/h3-17H,27H2,1-2H3,(H,31,32)(H,28,29,30). The molecule has 7 nitrogen and oxygen atoms in total. The van der Waals surface area contributed by atoms with Gasteiger partial charge in [0.1, 0.15) is 17.9 Å². The number of aromatic nitrogens is 2. The number of hydrogen-bond donors (Lipinski definition) is 3. The Labute approximate surface area is 192 Å². The minimum atomic E-state index is -0.196. The molecule has 4 aromatic rings. The van der Waals surface area contributed by atoms with Crippen LogP contribution in [0.15, 0.2) is 85.2 Å². The van der Waals surface area contributed by atoms with E-state index in [1.165, 1.54) is 6.33 Å². The number of carbonyl (C=O) groups is 1. The first-order valence-electron chi connectivity index (χ1n) is 10.6. The van der Waals surface area contributed by atoms with E-state index in [1.54, 1.807) is 24.3 Å². The van der Waals surface area contributed by atoms with Gasteiger partial charge in [-0.3, -0.25) is 4.79 Å². The number of hydrogen-bond acceptors (Lipinski definition) is 6. The van der Waals surface area contributed by atoms with Gasteiger partial charge in [0.25, 0.3) is 5.91 Å². The third-order valence-electron chi connectivity index (χ3n) is 4.78. The Morgan fingerprint density at radius 3 is 2.33 bits per heavy atom. The maximum absolute atomic E-state index is 12.4. The van der Waals surface area contributed by atoms with Crippen molar-refractivity contribution in [3.05, 3.63) is 90.8 Å². The first kappa shape index (κ1) is 21.8. The van der Waals surface area contributed by atoms with Crippen molar-refractivity contribution >= 4 is 28.8 Å². The molecule has 4 N–H and O–H groups in total. The average molecular weight is 440 g/mol. The second-order valence-corrected chi connectivity index (χ2v) is 7.73. The molecule has 0 aliphatic heterocycles. The second-order valence-electron chi connectivity index (χ2n) is 7.73. The molecule has 0 aliphatic rings. The molecule has 3 aromatic carbocycles. The molecule has 4 rings (SSSR count). The molecule has 0 unspecified atom stereocenters. The number of rotatable bonds is 7. The maximum Gasteiger partial charge on any atom is 0.255 e. The maximum atomic E-state index is 12.4. The van der Waals surface area contributed by atoms with Crippen molar-refractivity contribution in [1.82, 2.24) is 9.97 Å². The SMILES string of the molecule is CC(C)Oc1ccccc1-c1cc(Nc2ccc(NC(=O)c3ccc(N)cc3)cc2)ncn1. The number of para-hydroxylation sites is 1. The van der Waals surface area contributed by atoms with E-state index < -0.39 is 0 Å². The first-order valence-corrected chi connectivity index (χ1v) is 10.6. The molecule has 7 heteroatoms. The number of anilines is 4. The van der Waals surface area contributed by atoms with Crippen molar-refractivity contribution in [2.24, 2.45) is 0 Å². The zero-order valence-electron chi connectivity index (χ0n) is 18.4. The number of nitrogens with one attached hydrogen (secondary N) is 2. The molecule has 1 heterocycles. The van der Waals surface area contributed by atoms with Gasteiger partial charge in [-0.05, 0) is 74.5 Å². The average Bonchev–Trinajstić information content (AvgIpc) is 2.81. The fourth-order valence-electron chi connectivity index (χ4n) is 3.23.